The minimum absolute atomic E-state index is 0.784. The van der Waals surface area contributed by atoms with Crippen LogP contribution in [0.1, 0.15) is 18.9 Å². The Kier molecular flexibility index (Phi) is 4.98. The molecule has 0 heterocycles. The summed E-state index contributed by atoms with van der Waals surface area (Å²) < 4.78 is 5.25. The lowest BCUT2D eigenvalue weighted by molar-refractivity contribution is 0.147. The molecule has 84 valence electrons. The van der Waals surface area contributed by atoms with Crippen molar-refractivity contribution in [3.63, 3.8) is 0 Å². The molecule has 15 heavy (non-hydrogen) atoms. The minimum Gasteiger partial charge on any atom is -0.397 e. The van der Waals surface area contributed by atoms with Crippen LogP contribution in [0.15, 0.2) is 18.2 Å². The largest absolute Gasteiger partial charge is 0.397 e. The summed E-state index contributed by atoms with van der Waals surface area (Å²) in [5.74, 6) is 0. The van der Waals surface area contributed by atoms with Gasteiger partial charge in [-0.3, -0.25) is 0 Å². The summed E-state index contributed by atoms with van der Waals surface area (Å²) in [6.45, 7) is 6.52. The van der Waals surface area contributed by atoms with Crippen molar-refractivity contribution < 1.29 is 4.74 Å². The van der Waals surface area contributed by atoms with Crippen LogP contribution in [0, 0.1) is 6.92 Å². The molecule has 1 aromatic carbocycles. The molecule has 3 nitrogen and oxygen atoms in total. The SMILES string of the molecule is CCOCCCNc1ccc(C)cc1N. The molecular weight excluding hydrogens is 188 g/mol. The Hall–Kier alpha value is -1.22. The van der Waals surface area contributed by atoms with E-state index in [1.807, 2.05) is 26.0 Å². The van der Waals surface area contributed by atoms with Crippen LogP contribution in [0.3, 0.4) is 0 Å². The number of nitrogens with two attached hydrogens (primary N) is 1. The van der Waals surface area contributed by atoms with E-state index in [1.165, 1.54) is 5.56 Å². The zero-order valence-corrected chi connectivity index (χ0v) is 9.55. The van der Waals surface area contributed by atoms with Gasteiger partial charge < -0.3 is 15.8 Å². The number of nitrogen functional groups attached to an aromatic ring is 1. The van der Waals surface area contributed by atoms with Gasteiger partial charge in [-0.15, -0.1) is 0 Å². The van der Waals surface area contributed by atoms with Crippen molar-refractivity contribution in [1.29, 1.82) is 0 Å². The molecule has 1 rings (SSSR count). The Balaban J connectivity index is 2.31. The van der Waals surface area contributed by atoms with Crippen LogP contribution in [-0.2, 0) is 4.74 Å². The van der Waals surface area contributed by atoms with E-state index in [2.05, 4.69) is 11.4 Å². The van der Waals surface area contributed by atoms with Crippen LogP contribution in [0.4, 0.5) is 11.4 Å². The standard InChI is InChI=1S/C12H20N2O/c1-3-15-8-4-7-14-12-6-5-10(2)9-11(12)13/h5-6,9,14H,3-4,7-8,13H2,1-2H3. The molecule has 0 bridgehead atoms. The normalized spacial score (nSPS) is 10.3. The van der Waals surface area contributed by atoms with Gasteiger partial charge in [-0.2, -0.15) is 0 Å². The predicted molar refractivity (Wildman–Crippen MR) is 65.2 cm³/mol. The predicted octanol–water partition coefficient (Wildman–Crippen LogP) is 2.42. The third-order valence-electron chi connectivity index (χ3n) is 2.19. The van der Waals surface area contributed by atoms with Gasteiger partial charge >= 0.3 is 0 Å². The number of ether oxygens (including phenoxy) is 1. The van der Waals surface area contributed by atoms with Gasteiger partial charge in [0, 0.05) is 19.8 Å². The quantitative estimate of drug-likeness (QED) is 0.557. The van der Waals surface area contributed by atoms with Crippen molar-refractivity contribution in [1.82, 2.24) is 0 Å². The Morgan fingerprint density at radius 2 is 2.20 bits per heavy atom. The molecule has 0 unspecified atom stereocenters. The highest BCUT2D eigenvalue weighted by Crippen LogP contribution is 2.18. The molecule has 3 N–H and O–H groups in total. The second kappa shape index (κ2) is 6.30. The summed E-state index contributed by atoms with van der Waals surface area (Å²) in [7, 11) is 0. The molecule has 0 atom stereocenters. The zero-order valence-electron chi connectivity index (χ0n) is 9.55. The van der Waals surface area contributed by atoms with Gasteiger partial charge in [-0.25, -0.2) is 0 Å². The average Bonchev–Trinajstić information content (AvgIpc) is 2.20. The first-order valence-electron chi connectivity index (χ1n) is 5.41. The van der Waals surface area contributed by atoms with Crippen LogP contribution in [0.25, 0.3) is 0 Å². The van der Waals surface area contributed by atoms with Crippen molar-refractivity contribution >= 4 is 11.4 Å². The monoisotopic (exact) mass is 208 g/mol. The van der Waals surface area contributed by atoms with Crippen LogP contribution in [-0.4, -0.2) is 19.8 Å². The van der Waals surface area contributed by atoms with E-state index in [0.29, 0.717) is 0 Å². The van der Waals surface area contributed by atoms with Gasteiger partial charge in [-0.05, 0) is 38.0 Å². The van der Waals surface area contributed by atoms with E-state index in [0.717, 1.165) is 37.6 Å². The Bertz CT molecular complexity index is 300. The van der Waals surface area contributed by atoms with Gasteiger partial charge in [0.1, 0.15) is 0 Å². The second-order valence-electron chi connectivity index (χ2n) is 3.57. The fraction of sp³-hybridized carbons (Fsp3) is 0.500. The van der Waals surface area contributed by atoms with Crippen molar-refractivity contribution in [2.45, 2.75) is 20.3 Å². The first-order valence-corrected chi connectivity index (χ1v) is 5.41. The van der Waals surface area contributed by atoms with Crippen LogP contribution in [0.5, 0.6) is 0 Å². The molecule has 0 fully saturated rings. The lowest BCUT2D eigenvalue weighted by Crippen LogP contribution is -2.07. The zero-order chi connectivity index (χ0) is 11.1. The van der Waals surface area contributed by atoms with E-state index in [1.54, 1.807) is 0 Å². The smallest absolute Gasteiger partial charge is 0.0574 e. The molecule has 0 spiro atoms. The highest BCUT2D eigenvalue weighted by atomic mass is 16.5. The number of anilines is 2. The van der Waals surface area contributed by atoms with Crippen LogP contribution in [0.2, 0.25) is 0 Å². The van der Waals surface area contributed by atoms with Crippen LogP contribution < -0.4 is 11.1 Å². The molecule has 0 aliphatic rings. The maximum absolute atomic E-state index is 5.87. The number of aryl methyl sites for hydroxylation is 1. The maximum atomic E-state index is 5.87. The summed E-state index contributed by atoms with van der Waals surface area (Å²) in [4.78, 5) is 0. The van der Waals surface area contributed by atoms with Gasteiger partial charge in [0.05, 0.1) is 11.4 Å². The highest BCUT2D eigenvalue weighted by Gasteiger charge is 1.97. The molecule has 0 saturated carbocycles. The minimum atomic E-state index is 0.784. The van der Waals surface area contributed by atoms with Gasteiger partial charge in [0.25, 0.3) is 0 Å². The van der Waals surface area contributed by atoms with Crippen LogP contribution >= 0.6 is 0 Å². The third kappa shape index (κ3) is 4.21. The molecule has 0 amide bonds. The van der Waals surface area contributed by atoms with Gasteiger partial charge in [0.2, 0.25) is 0 Å². The molecule has 0 aliphatic carbocycles. The number of benzene rings is 1. The Morgan fingerprint density at radius 1 is 1.40 bits per heavy atom. The lowest BCUT2D eigenvalue weighted by Gasteiger charge is -2.09. The van der Waals surface area contributed by atoms with Crippen molar-refractivity contribution in [3.8, 4) is 0 Å². The fourth-order valence-corrected chi connectivity index (χ4v) is 1.38. The van der Waals surface area contributed by atoms with E-state index in [9.17, 15) is 0 Å². The number of rotatable bonds is 6. The fourth-order valence-electron chi connectivity index (χ4n) is 1.38. The Morgan fingerprint density at radius 3 is 2.87 bits per heavy atom. The van der Waals surface area contributed by atoms with E-state index in [4.69, 9.17) is 10.5 Å². The van der Waals surface area contributed by atoms with Gasteiger partial charge in [0.15, 0.2) is 0 Å². The molecule has 0 aliphatic heterocycles. The topological polar surface area (TPSA) is 47.3 Å². The summed E-state index contributed by atoms with van der Waals surface area (Å²) in [6, 6.07) is 6.05. The summed E-state index contributed by atoms with van der Waals surface area (Å²) in [5, 5.41) is 3.29. The Labute approximate surface area is 91.6 Å². The first-order chi connectivity index (χ1) is 7.24. The van der Waals surface area contributed by atoms with E-state index >= 15 is 0 Å². The summed E-state index contributed by atoms with van der Waals surface area (Å²) in [5.41, 5.74) is 8.88. The molecule has 0 saturated heterocycles. The first kappa shape index (κ1) is 11.9. The highest BCUT2D eigenvalue weighted by molar-refractivity contribution is 5.66. The van der Waals surface area contributed by atoms with Gasteiger partial charge in [-0.1, -0.05) is 6.07 Å². The third-order valence-corrected chi connectivity index (χ3v) is 2.19. The number of hydrogen-bond donors (Lipinski definition) is 2. The van der Waals surface area contributed by atoms with Crippen molar-refractivity contribution in [3.05, 3.63) is 23.8 Å². The number of hydrogen-bond acceptors (Lipinski definition) is 3. The van der Waals surface area contributed by atoms with E-state index in [-0.39, 0.29) is 0 Å². The molecule has 0 radical (unpaired) electrons. The average molecular weight is 208 g/mol. The number of nitrogens with one attached hydrogen (secondary N) is 1. The molecule has 1 aromatic rings. The lowest BCUT2D eigenvalue weighted by atomic mass is 10.2. The molecule has 0 aromatic heterocycles. The second-order valence-corrected chi connectivity index (χ2v) is 3.57. The van der Waals surface area contributed by atoms with Crippen molar-refractivity contribution in [2.75, 3.05) is 30.8 Å². The van der Waals surface area contributed by atoms with Crippen molar-refractivity contribution in [2.24, 2.45) is 0 Å². The summed E-state index contributed by atoms with van der Waals surface area (Å²) >= 11 is 0. The molecular formula is C12H20N2O. The maximum Gasteiger partial charge on any atom is 0.0574 e. The molecule has 3 heteroatoms. The van der Waals surface area contributed by atoms with E-state index < -0.39 is 0 Å². The summed E-state index contributed by atoms with van der Waals surface area (Å²) in [6.07, 6.45) is 1.00.